The highest BCUT2D eigenvalue weighted by atomic mass is 16.4. The zero-order valence-electron chi connectivity index (χ0n) is 8.89. The average molecular weight is 221 g/mol. The Bertz CT molecular complexity index is 350. The second-order valence-electron chi connectivity index (χ2n) is 3.75. The van der Waals surface area contributed by atoms with E-state index in [9.17, 15) is 4.79 Å². The van der Waals surface area contributed by atoms with Crippen LogP contribution in [0.15, 0.2) is 30.3 Å². The molecule has 1 aliphatic heterocycles. The first-order valence-electron chi connectivity index (χ1n) is 5.25. The van der Waals surface area contributed by atoms with Gasteiger partial charge in [-0.2, -0.15) is 0 Å². The number of nitrogens with zero attached hydrogens (tertiary/aromatic N) is 1. The molecular formula is C11H15N3O2. The van der Waals surface area contributed by atoms with E-state index in [0.717, 1.165) is 5.56 Å². The van der Waals surface area contributed by atoms with Crippen LogP contribution in [-0.4, -0.2) is 35.5 Å². The van der Waals surface area contributed by atoms with Crippen molar-refractivity contribution < 1.29 is 9.90 Å². The molecule has 3 N–H and O–H groups in total. The second kappa shape index (κ2) is 4.96. The van der Waals surface area contributed by atoms with Crippen molar-refractivity contribution in [1.82, 2.24) is 15.5 Å². The summed E-state index contributed by atoms with van der Waals surface area (Å²) in [5, 5.41) is 15.3. The lowest BCUT2D eigenvalue weighted by Gasteiger charge is -2.25. The minimum Gasteiger partial charge on any atom is -0.465 e. The number of rotatable bonds is 3. The number of hydrogen-bond acceptors (Lipinski definition) is 3. The summed E-state index contributed by atoms with van der Waals surface area (Å²) in [5.74, 6) is 0. The Balaban J connectivity index is 2.05. The third-order valence-electron chi connectivity index (χ3n) is 2.62. The van der Waals surface area contributed by atoms with Crippen molar-refractivity contribution in [1.29, 1.82) is 0 Å². The molecule has 0 saturated carbocycles. The van der Waals surface area contributed by atoms with E-state index in [4.69, 9.17) is 5.11 Å². The van der Waals surface area contributed by atoms with Crippen LogP contribution >= 0.6 is 0 Å². The highest BCUT2D eigenvalue weighted by Crippen LogP contribution is 2.08. The van der Waals surface area contributed by atoms with Crippen LogP contribution in [0.5, 0.6) is 0 Å². The Hall–Kier alpha value is -1.59. The molecule has 1 fully saturated rings. The molecule has 0 aliphatic carbocycles. The monoisotopic (exact) mass is 221 g/mol. The molecule has 16 heavy (non-hydrogen) atoms. The topological polar surface area (TPSA) is 64.6 Å². The summed E-state index contributed by atoms with van der Waals surface area (Å²) in [6.45, 7) is 1.72. The molecule has 86 valence electrons. The number of nitrogens with one attached hydrogen (secondary N) is 2. The zero-order chi connectivity index (χ0) is 11.4. The zero-order valence-corrected chi connectivity index (χ0v) is 8.89. The minimum absolute atomic E-state index is 0.141. The fourth-order valence-corrected chi connectivity index (χ4v) is 1.78. The van der Waals surface area contributed by atoms with Gasteiger partial charge in [0.05, 0.1) is 12.7 Å². The van der Waals surface area contributed by atoms with Crippen LogP contribution in [0, 0.1) is 0 Å². The van der Waals surface area contributed by atoms with Crippen LogP contribution in [0.1, 0.15) is 5.56 Å². The second-order valence-corrected chi connectivity index (χ2v) is 3.75. The highest BCUT2D eigenvalue weighted by molar-refractivity contribution is 5.65. The summed E-state index contributed by atoms with van der Waals surface area (Å²) in [7, 11) is 0. The molecule has 1 atom stereocenters. The van der Waals surface area contributed by atoms with Crippen LogP contribution < -0.4 is 10.6 Å². The van der Waals surface area contributed by atoms with Gasteiger partial charge in [-0.25, -0.2) is 4.79 Å². The summed E-state index contributed by atoms with van der Waals surface area (Å²) in [6, 6.07) is 9.60. The van der Waals surface area contributed by atoms with Gasteiger partial charge in [-0.05, 0) is 5.56 Å². The Morgan fingerprint density at radius 3 is 2.75 bits per heavy atom. The maximum atomic E-state index is 11.1. The lowest BCUT2D eigenvalue weighted by Crippen LogP contribution is -2.46. The first-order chi connectivity index (χ1) is 7.77. The molecule has 1 aromatic carbocycles. The van der Waals surface area contributed by atoms with Gasteiger partial charge in [0, 0.05) is 13.2 Å². The van der Waals surface area contributed by atoms with Crippen molar-refractivity contribution in [3.63, 3.8) is 0 Å². The number of hydrogen-bond donors (Lipinski definition) is 3. The number of carboxylic acid groups (broad SMARTS) is 1. The van der Waals surface area contributed by atoms with Crippen molar-refractivity contribution in [3.05, 3.63) is 35.9 Å². The molecule has 1 amide bonds. The fourth-order valence-electron chi connectivity index (χ4n) is 1.78. The standard InChI is InChI=1S/C11H15N3O2/c15-11(16)14(10-6-12-8-13-10)7-9-4-2-1-3-5-9/h1-5,10,12-13H,6-8H2,(H,15,16). The first kappa shape index (κ1) is 10.9. The quantitative estimate of drug-likeness (QED) is 0.701. The maximum Gasteiger partial charge on any atom is 0.408 e. The molecular weight excluding hydrogens is 206 g/mol. The van der Waals surface area contributed by atoms with Gasteiger partial charge in [0.2, 0.25) is 0 Å². The number of benzene rings is 1. The van der Waals surface area contributed by atoms with E-state index in [0.29, 0.717) is 19.8 Å². The smallest absolute Gasteiger partial charge is 0.408 e. The van der Waals surface area contributed by atoms with Gasteiger partial charge in [0.15, 0.2) is 0 Å². The van der Waals surface area contributed by atoms with Crippen molar-refractivity contribution in [2.24, 2.45) is 0 Å². The van der Waals surface area contributed by atoms with E-state index in [1.165, 1.54) is 4.90 Å². The molecule has 0 spiro atoms. The van der Waals surface area contributed by atoms with Crippen LogP contribution in [0.4, 0.5) is 4.79 Å². The first-order valence-corrected chi connectivity index (χ1v) is 5.25. The molecule has 0 bridgehead atoms. The van der Waals surface area contributed by atoms with Crippen LogP contribution in [-0.2, 0) is 6.54 Å². The van der Waals surface area contributed by atoms with E-state index < -0.39 is 6.09 Å². The molecule has 5 heteroatoms. The fraction of sp³-hybridized carbons (Fsp3) is 0.364. The molecule has 0 radical (unpaired) electrons. The molecule has 1 saturated heterocycles. The van der Waals surface area contributed by atoms with Gasteiger partial charge in [-0.3, -0.25) is 10.2 Å². The van der Waals surface area contributed by atoms with Gasteiger partial charge in [0.25, 0.3) is 0 Å². The molecule has 1 unspecified atom stereocenters. The molecule has 1 aliphatic rings. The molecule has 1 aromatic rings. The van der Waals surface area contributed by atoms with E-state index in [-0.39, 0.29) is 6.17 Å². The Labute approximate surface area is 94.1 Å². The lowest BCUT2D eigenvalue weighted by molar-refractivity contribution is 0.118. The number of amides is 1. The van der Waals surface area contributed by atoms with Crippen molar-refractivity contribution in [2.75, 3.05) is 13.2 Å². The SMILES string of the molecule is O=C(O)N(Cc1ccccc1)C1CNCN1. The summed E-state index contributed by atoms with van der Waals surface area (Å²) >= 11 is 0. The van der Waals surface area contributed by atoms with E-state index in [2.05, 4.69) is 10.6 Å². The van der Waals surface area contributed by atoms with Crippen LogP contribution in [0.3, 0.4) is 0 Å². The van der Waals surface area contributed by atoms with Gasteiger partial charge < -0.3 is 10.4 Å². The predicted octanol–water partition coefficient (Wildman–Crippen LogP) is 0.643. The average Bonchev–Trinajstić information content (AvgIpc) is 2.80. The van der Waals surface area contributed by atoms with Crippen LogP contribution in [0.2, 0.25) is 0 Å². The van der Waals surface area contributed by atoms with E-state index >= 15 is 0 Å². The van der Waals surface area contributed by atoms with E-state index in [1.54, 1.807) is 0 Å². The summed E-state index contributed by atoms with van der Waals surface area (Å²) in [4.78, 5) is 12.6. The van der Waals surface area contributed by atoms with Gasteiger partial charge >= 0.3 is 6.09 Å². The van der Waals surface area contributed by atoms with Crippen LogP contribution in [0.25, 0.3) is 0 Å². The van der Waals surface area contributed by atoms with E-state index in [1.807, 2.05) is 30.3 Å². The minimum atomic E-state index is -0.898. The summed E-state index contributed by atoms with van der Waals surface area (Å²) < 4.78 is 0. The normalized spacial score (nSPS) is 19.6. The number of carbonyl (C=O) groups is 1. The van der Waals surface area contributed by atoms with Crippen molar-refractivity contribution in [2.45, 2.75) is 12.7 Å². The molecule has 1 heterocycles. The third-order valence-corrected chi connectivity index (χ3v) is 2.62. The molecule has 2 rings (SSSR count). The predicted molar refractivity (Wildman–Crippen MR) is 59.8 cm³/mol. The summed E-state index contributed by atoms with van der Waals surface area (Å²) in [6.07, 6.45) is -1.04. The molecule has 0 aromatic heterocycles. The Morgan fingerprint density at radius 1 is 1.44 bits per heavy atom. The van der Waals surface area contributed by atoms with Gasteiger partial charge in [-0.1, -0.05) is 30.3 Å². The Kier molecular flexibility index (Phi) is 3.38. The lowest BCUT2D eigenvalue weighted by atomic mass is 10.2. The Morgan fingerprint density at radius 2 is 2.19 bits per heavy atom. The largest absolute Gasteiger partial charge is 0.465 e. The van der Waals surface area contributed by atoms with Crippen molar-refractivity contribution >= 4 is 6.09 Å². The summed E-state index contributed by atoms with van der Waals surface area (Å²) in [5.41, 5.74) is 0.999. The highest BCUT2D eigenvalue weighted by Gasteiger charge is 2.25. The van der Waals surface area contributed by atoms with Gasteiger partial charge in [0.1, 0.15) is 0 Å². The van der Waals surface area contributed by atoms with Gasteiger partial charge in [-0.15, -0.1) is 0 Å². The third kappa shape index (κ3) is 2.50. The van der Waals surface area contributed by atoms with Crippen molar-refractivity contribution in [3.8, 4) is 0 Å². The molecule has 5 nitrogen and oxygen atoms in total. The maximum absolute atomic E-state index is 11.1.